The SMILES string of the molecule is Cc1noc(C)c1C(=O)N(Cc1cccc(NC(=O)c2ccc3c(c2)OCO3)c1)CC(C)(C)CN. The van der Waals surface area contributed by atoms with Gasteiger partial charge in [-0.3, -0.25) is 9.59 Å². The number of aryl methyl sites for hydroxylation is 2. The first-order valence-corrected chi connectivity index (χ1v) is 11.4. The fourth-order valence-corrected chi connectivity index (χ4v) is 3.94. The molecule has 4 rings (SSSR count). The predicted octanol–water partition coefficient (Wildman–Crippen LogP) is 3.90. The lowest BCUT2D eigenvalue weighted by molar-refractivity contribution is 0.0670. The first-order chi connectivity index (χ1) is 16.7. The average Bonchev–Trinajstić information content (AvgIpc) is 3.43. The third-order valence-electron chi connectivity index (χ3n) is 5.90. The maximum Gasteiger partial charge on any atom is 0.259 e. The summed E-state index contributed by atoms with van der Waals surface area (Å²) in [5.41, 5.74) is 8.62. The molecule has 0 saturated carbocycles. The highest BCUT2D eigenvalue weighted by molar-refractivity contribution is 6.04. The van der Waals surface area contributed by atoms with Gasteiger partial charge in [-0.1, -0.05) is 31.1 Å². The van der Waals surface area contributed by atoms with E-state index in [-0.39, 0.29) is 24.0 Å². The van der Waals surface area contributed by atoms with Crippen molar-refractivity contribution in [2.75, 3.05) is 25.2 Å². The first kappa shape index (κ1) is 24.3. The lowest BCUT2D eigenvalue weighted by Gasteiger charge is -2.32. The van der Waals surface area contributed by atoms with Crippen molar-refractivity contribution in [3.05, 3.63) is 70.6 Å². The number of carbonyl (C=O) groups excluding carboxylic acids is 2. The highest BCUT2D eigenvalue weighted by Gasteiger charge is 2.28. The molecule has 2 aromatic carbocycles. The molecule has 184 valence electrons. The van der Waals surface area contributed by atoms with E-state index in [1.54, 1.807) is 43.0 Å². The Morgan fingerprint density at radius 3 is 2.60 bits per heavy atom. The monoisotopic (exact) mass is 478 g/mol. The van der Waals surface area contributed by atoms with Crippen molar-refractivity contribution < 1.29 is 23.6 Å². The Morgan fingerprint density at radius 2 is 1.89 bits per heavy atom. The van der Waals surface area contributed by atoms with Gasteiger partial charge in [-0.25, -0.2) is 0 Å². The standard InChI is InChI=1S/C26H30N4O5/c1-16-23(17(2)35-29-16)25(32)30(14-26(3,4)13-27)12-18-6-5-7-20(10-18)28-24(31)19-8-9-21-22(11-19)34-15-33-21/h5-11H,12-15,27H2,1-4H3,(H,28,31). The lowest BCUT2D eigenvalue weighted by Crippen LogP contribution is -2.42. The Kier molecular flexibility index (Phi) is 6.79. The topological polar surface area (TPSA) is 120 Å². The molecule has 0 radical (unpaired) electrons. The smallest absolute Gasteiger partial charge is 0.259 e. The number of nitrogens with zero attached hydrogens (tertiary/aromatic N) is 2. The third kappa shape index (κ3) is 5.46. The predicted molar refractivity (Wildman–Crippen MR) is 131 cm³/mol. The van der Waals surface area contributed by atoms with Crippen LogP contribution in [0.15, 0.2) is 47.0 Å². The molecule has 1 aliphatic rings. The van der Waals surface area contributed by atoms with Gasteiger partial charge in [0.25, 0.3) is 11.8 Å². The van der Waals surface area contributed by atoms with Crippen LogP contribution in [0.25, 0.3) is 0 Å². The zero-order valence-electron chi connectivity index (χ0n) is 20.4. The van der Waals surface area contributed by atoms with Crippen molar-refractivity contribution in [3.8, 4) is 11.5 Å². The second-order valence-corrected chi connectivity index (χ2v) is 9.45. The van der Waals surface area contributed by atoms with Gasteiger partial charge in [0.05, 0.1) is 5.69 Å². The number of aromatic nitrogens is 1. The van der Waals surface area contributed by atoms with E-state index in [2.05, 4.69) is 10.5 Å². The van der Waals surface area contributed by atoms with Crippen LogP contribution >= 0.6 is 0 Å². The van der Waals surface area contributed by atoms with E-state index in [0.717, 1.165) is 5.56 Å². The molecule has 2 amide bonds. The minimum Gasteiger partial charge on any atom is -0.454 e. The molecule has 0 bridgehead atoms. The van der Waals surface area contributed by atoms with Crippen molar-refractivity contribution in [2.24, 2.45) is 11.1 Å². The maximum atomic E-state index is 13.5. The van der Waals surface area contributed by atoms with Gasteiger partial charge < -0.3 is 29.9 Å². The average molecular weight is 479 g/mol. The minimum absolute atomic E-state index is 0.145. The summed E-state index contributed by atoms with van der Waals surface area (Å²) >= 11 is 0. The Hall–Kier alpha value is -3.85. The summed E-state index contributed by atoms with van der Waals surface area (Å²) < 4.78 is 15.9. The molecule has 0 spiro atoms. The summed E-state index contributed by atoms with van der Waals surface area (Å²) in [6.07, 6.45) is 0. The first-order valence-electron chi connectivity index (χ1n) is 11.4. The van der Waals surface area contributed by atoms with Gasteiger partial charge in [0.1, 0.15) is 11.3 Å². The van der Waals surface area contributed by atoms with Gasteiger partial charge >= 0.3 is 0 Å². The van der Waals surface area contributed by atoms with Crippen molar-refractivity contribution in [1.82, 2.24) is 10.1 Å². The van der Waals surface area contributed by atoms with Gasteiger partial charge in [-0.05, 0) is 61.7 Å². The van der Waals surface area contributed by atoms with Gasteiger partial charge in [0.2, 0.25) is 6.79 Å². The zero-order chi connectivity index (χ0) is 25.2. The Morgan fingerprint density at radius 1 is 1.11 bits per heavy atom. The van der Waals surface area contributed by atoms with E-state index in [1.165, 1.54) is 0 Å². The summed E-state index contributed by atoms with van der Waals surface area (Å²) in [6.45, 7) is 8.86. The number of ether oxygens (including phenoxy) is 2. The van der Waals surface area contributed by atoms with Gasteiger partial charge in [0, 0.05) is 24.3 Å². The van der Waals surface area contributed by atoms with Gasteiger partial charge in [-0.15, -0.1) is 0 Å². The Balaban J connectivity index is 1.54. The fraction of sp³-hybridized carbons (Fsp3) is 0.346. The third-order valence-corrected chi connectivity index (χ3v) is 5.90. The molecular weight excluding hydrogens is 448 g/mol. The molecule has 3 N–H and O–H groups in total. The zero-order valence-corrected chi connectivity index (χ0v) is 20.4. The summed E-state index contributed by atoms with van der Waals surface area (Å²) in [5, 5.41) is 6.84. The second kappa shape index (κ2) is 9.79. The van der Waals surface area contributed by atoms with E-state index in [0.29, 0.717) is 59.4 Å². The molecule has 0 atom stereocenters. The lowest BCUT2D eigenvalue weighted by atomic mass is 9.92. The van der Waals surface area contributed by atoms with Crippen LogP contribution < -0.4 is 20.5 Å². The summed E-state index contributed by atoms with van der Waals surface area (Å²) in [6, 6.07) is 12.5. The number of nitrogens with two attached hydrogens (primary N) is 1. The number of anilines is 1. The van der Waals surface area contributed by atoms with Crippen LogP contribution in [0.2, 0.25) is 0 Å². The molecule has 1 aliphatic heterocycles. The fourth-order valence-electron chi connectivity index (χ4n) is 3.94. The van der Waals surface area contributed by atoms with Crippen molar-refractivity contribution in [2.45, 2.75) is 34.2 Å². The van der Waals surface area contributed by atoms with E-state index in [9.17, 15) is 9.59 Å². The number of fused-ring (bicyclic) bond motifs is 1. The van der Waals surface area contributed by atoms with E-state index < -0.39 is 0 Å². The van der Waals surface area contributed by atoms with Crippen LogP contribution in [0.3, 0.4) is 0 Å². The van der Waals surface area contributed by atoms with Crippen LogP contribution in [0.5, 0.6) is 11.5 Å². The molecular formula is C26H30N4O5. The number of amides is 2. The van der Waals surface area contributed by atoms with E-state index in [1.807, 2.05) is 32.0 Å². The summed E-state index contributed by atoms with van der Waals surface area (Å²) in [4.78, 5) is 28.0. The molecule has 0 aliphatic carbocycles. The van der Waals surface area contributed by atoms with Crippen LogP contribution in [0.4, 0.5) is 5.69 Å². The van der Waals surface area contributed by atoms with Crippen molar-refractivity contribution >= 4 is 17.5 Å². The molecule has 0 fully saturated rings. The maximum absolute atomic E-state index is 13.5. The Bertz CT molecular complexity index is 1230. The largest absolute Gasteiger partial charge is 0.454 e. The number of hydrogen-bond acceptors (Lipinski definition) is 7. The molecule has 0 unspecified atom stereocenters. The number of benzene rings is 2. The number of nitrogens with one attached hydrogen (secondary N) is 1. The van der Waals surface area contributed by atoms with E-state index >= 15 is 0 Å². The Labute approximate surface area is 204 Å². The normalized spacial score (nSPS) is 12.5. The van der Waals surface area contributed by atoms with Crippen LogP contribution in [-0.2, 0) is 6.54 Å². The van der Waals surface area contributed by atoms with Crippen LogP contribution in [0.1, 0.15) is 51.6 Å². The minimum atomic E-state index is -0.292. The molecule has 2 heterocycles. The number of hydrogen-bond donors (Lipinski definition) is 2. The number of rotatable bonds is 8. The molecule has 35 heavy (non-hydrogen) atoms. The van der Waals surface area contributed by atoms with Gasteiger partial charge in [-0.2, -0.15) is 0 Å². The van der Waals surface area contributed by atoms with E-state index in [4.69, 9.17) is 19.7 Å². The molecule has 9 nitrogen and oxygen atoms in total. The van der Waals surface area contributed by atoms with Crippen LogP contribution in [-0.4, -0.2) is 41.8 Å². The van der Waals surface area contributed by atoms with Gasteiger partial charge in [0.15, 0.2) is 11.5 Å². The summed E-state index contributed by atoms with van der Waals surface area (Å²) in [7, 11) is 0. The highest BCUT2D eigenvalue weighted by atomic mass is 16.7. The quantitative estimate of drug-likeness (QED) is 0.504. The second-order valence-electron chi connectivity index (χ2n) is 9.45. The molecule has 3 aromatic rings. The van der Waals surface area contributed by atoms with Crippen LogP contribution in [0, 0.1) is 19.3 Å². The molecule has 1 aromatic heterocycles. The summed E-state index contributed by atoms with van der Waals surface area (Å²) in [5.74, 6) is 1.20. The van der Waals surface area contributed by atoms with Crippen molar-refractivity contribution in [1.29, 1.82) is 0 Å². The van der Waals surface area contributed by atoms with Crippen molar-refractivity contribution in [3.63, 3.8) is 0 Å². The molecule has 9 heteroatoms. The highest BCUT2D eigenvalue weighted by Crippen LogP contribution is 2.32. The number of carbonyl (C=O) groups is 2. The molecule has 0 saturated heterocycles.